The van der Waals surface area contributed by atoms with E-state index < -0.39 is 5.97 Å². The number of carbonyl (C=O) groups excluding carboxylic acids is 2. The normalized spacial score (nSPS) is 10.6. The van der Waals surface area contributed by atoms with Crippen molar-refractivity contribution in [2.45, 2.75) is 27.2 Å². The molecule has 0 saturated heterocycles. The summed E-state index contributed by atoms with van der Waals surface area (Å²) in [5, 5.41) is 6.50. The molecule has 7 heteroatoms. The number of nitrogens with one attached hydrogen (secondary N) is 2. The fourth-order valence-electron chi connectivity index (χ4n) is 2.90. The van der Waals surface area contributed by atoms with Gasteiger partial charge in [-0.2, -0.15) is 0 Å². The number of rotatable bonds is 6. The topological polar surface area (TPSA) is 76.7 Å². The Labute approximate surface area is 173 Å². The molecular formula is C22H24N2O4S. The van der Waals surface area contributed by atoms with Gasteiger partial charge in [0.1, 0.15) is 0 Å². The first-order chi connectivity index (χ1) is 13.9. The van der Waals surface area contributed by atoms with Gasteiger partial charge in [0.2, 0.25) is 0 Å². The van der Waals surface area contributed by atoms with Gasteiger partial charge in [0.15, 0.2) is 10.6 Å². The van der Waals surface area contributed by atoms with E-state index in [2.05, 4.69) is 10.6 Å². The van der Waals surface area contributed by atoms with E-state index in [0.29, 0.717) is 22.9 Å². The van der Waals surface area contributed by atoms with Crippen molar-refractivity contribution in [1.82, 2.24) is 0 Å². The number of benzene rings is 2. The standard InChI is InChI=1S/C22H24N2O4S/c1-5-11-28-19-16-12-15(9-10-18(16)29-20(19)21(25)27-4)23-22(26)24-17-8-6-7-13(2)14(17)3/h6-10,12H,5,11H2,1-4H3,(H2,23,24,26). The maximum atomic E-state index is 12.5. The van der Waals surface area contributed by atoms with Gasteiger partial charge in [0, 0.05) is 21.5 Å². The van der Waals surface area contributed by atoms with Gasteiger partial charge < -0.3 is 20.1 Å². The highest BCUT2D eigenvalue weighted by molar-refractivity contribution is 7.21. The van der Waals surface area contributed by atoms with Gasteiger partial charge in [-0.1, -0.05) is 19.1 Å². The van der Waals surface area contributed by atoms with Crippen LogP contribution < -0.4 is 15.4 Å². The summed E-state index contributed by atoms with van der Waals surface area (Å²) in [6.07, 6.45) is 0.814. The number of methoxy groups -OCH3 is 1. The molecule has 152 valence electrons. The van der Waals surface area contributed by atoms with Crippen LogP contribution in [-0.2, 0) is 4.74 Å². The summed E-state index contributed by atoms with van der Waals surface area (Å²) in [5.74, 6) is 0.0664. The summed E-state index contributed by atoms with van der Waals surface area (Å²) < 4.78 is 11.6. The van der Waals surface area contributed by atoms with Gasteiger partial charge in [0.05, 0.1) is 13.7 Å². The first kappa shape index (κ1) is 20.7. The number of urea groups is 1. The van der Waals surface area contributed by atoms with Gasteiger partial charge in [-0.15, -0.1) is 11.3 Å². The van der Waals surface area contributed by atoms with Crippen molar-refractivity contribution in [3.8, 4) is 5.75 Å². The number of fused-ring (bicyclic) bond motifs is 1. The largest absolute Gasteiger partial charge is 0.491 e. The number of amides is 2. The van der Waals surface area contributed by atoms with E-state index in [1.54, 1.807) is 6.07 Å². The maximum absolute atomic E-state index is 12.5. The quantitative estimate of drug-likeness (QED) is 0.506. The first-order valence-electron chi connectivity index (χ1n) is 9.36. The van der Waals surface area contributed by atoms with Gasteiger partial charge in [0.25, 0.3) is 0 Å². The molecule has 29 heavy (non-hydrogen) atoms. The van der Waals surface area contributed by atoms with Crippen molar-refractivity contribution >= 4 is 44.8 Å². The van der Waals surface area contributed by atoms with E-state index in [1.165, 1.54) is 18.4 Å². The third-order valence-electron chi connectivity index (χ3n) is 4.57. The Morgan fingerprint density at radius 2 is 1.90 bits per heavy atom. The lowest BCUT2D eigenvalue weighted by molar-refractivity contribution is 0.0602. The molecule has 0 fully saturated rings. The van der Waals surface area contributed by atoms with Crippen molar-refractivity contribution in [1.29, 1.82) is 0 Å². The summed E-state index contributed by atoms with van der Waals surface area (Å²) in [6, 6.07) is 10.9. The van der Waals surface area contributed by atoms with Crippen LogP contribution in [0.15, 0.2) is 36.4 Å². The van der Waals surface area contributed by atoms with Crippen molar-refractivity contribution in [3.05, 3.63) is 52.4 Å². The SMILES string of the molecule is CCCOc1c(C(=O)OC)sc2ccc(NC(=O)Nc3cccc(C)c3C)cc12. The number of anilines is 2. The zero-order chi connectivity index (χ0) is 21.0. The van der Waals surface area contributed by atoms with Crippen molar-refractivity contribution in [2.75, 3.05) is 24.4 Å². The van der Waals surface area contributed by atoms with Crippen LogP contribution in [0.1, 0.15) is 34.1 Å². The average Bonchev–Trinajstić information content (AvgIpc) is 3.07. The zero-order valence-electron chi connectivity index (χ0n) is 16.9. The van der Waals surface area contributed by atoms with Gasteiger partial charge >= 0.3 is 12.0 Å². The van der Waals surface area contributed by atoms with E-state index >= 15 is 0 Å². The van der Waals surface area contributed by atoms with Gasteiger partial charge in [-0.05, 0) is 55.7 Å². The molecule has 0 atom stereocenters. The zero-order valence-corrected chi connectivity index (χ0v) is 17.7. The number of aryl methyl sites for hydroxylation is 1. The molecule has 0 bridgehead atoms. The summed E-state index contributed by atoms with van der Waals surface area (Å²) in [6.45, 7) is 6.45. The minimum Gasteiger partial charge on any atom is -0.491 e. The van der Waals surface area contributed by atoms with Crippen LogP contribution in [0.25, 0.3) is 10.1 Å². The summed E-state index contributed by atoms with van der Waals surface area (Å²) >= 11 is 1.31. The third-order valence-corrected chi connectivity index (χ3v) is 5.71. The molecule has 2 aromatic carbocycles. The molecule has 0 aliphatic carbocycles. The van der Waals surface area contributed by atoms with Crippen LogP contribution in [0, 0.1) is 13.8 Å². The minimum absolute atomic E-state index is 0.336. The molecule has 0 radical (unpaired) electrons. The fourth-order valence-corrected chi connectivity index (χ4v) is 3.94. The molecule has 2 amide bonds. The second kappa shape index (κ2) is 8.96. The van der Waals surface area contributed by atoms with Crippen LogP contribution in [0.5, 0.6) is 5.75 Å². The molecular weight excluding hydrogens is 388 g/mol. The highest BCUT2D eigenvalue weighted by Crippen LogP contribution is 2.39. The predicted octanol–water partition coefficient (Wildman–Crippen LogP) is 5.74. The molecule has 0 saturated carbocycles. The Kier molecular flexibility index (Phi) is 6.39. The van der Waals surface area contributed by atoms with Crippen LogP contribution in [-0.4, -0.2) is 25.7 Å². The highest BCUT2D eigenvalue weighted by atomic mass is 32.1. The molecule has 3 rings (SSSR count). The molecule has 0 spiro atoms. The van der Waals surface area contributed by atoms with Crippen molar-refractivity contribution in [3.63, 3.8) is 0 Å². The Balaban J connectivity index is 1.87. The molecule has 0 unspecified atom stereocenters. The number of hydrogen-bond donors (Lipinski definition) is 2. The van der Waals surface area contributed by atoms with Gasteiger partial charge in [-0.3, -0.25) is 0 Å². The highest BCUT2D eigenvalue weighted by Gasteiger charge is 2.21. The van der Waals surface area contributed by atoms with Crippen molar-refractivity contribution in [2.24, 2.45) is 0 Å². The molecule has 3 aromatic rings. The predicted molar refractivity (Wildman–Crippen MR) is 118 cm³/mol. The summed E-state index contributed by atoms with van der Waals surface area (Å²) in [4.78, 5) is 25.0. The number of thiophene rings is 1. The number of hydrogen-bond acceptors (Lipinski definition) is 5. The molecule has 0 aliphatic heterocycles. The van der Waals surface area contributed by atoms with E-state index in [4.69, 9.17) is 9.47 Å². The van der Waals surface area contributed by atoms with Crippen LogP contribution in [0.4, 0.5) is 16.2 Å². The maximum Gasteiger partial charge on any atom is 0.351 e. The smallest absolute Gasteiger partial charge is 0.351 e. The lowest BCUT2D eigenvalue weighted by Crippen LogP contribution is -2.20. The lowest BCUT2D eigenvalue weighted by atomic mass is 10.1. The van der Waals surface area contributed by atoms with Crippen LogP contribution >= 0.6 is 11.3 Å². The molecule has 0 aliphatic rings. The van der Waals surface area contributed by atoms with E-state index in [-0.39, 0.29) is 6.03 Å². The van der Waals surface area contributed by atoms with E-state index in [9.17, 15) is 9.59 Å². The van der Waals surface area contributed by atoms with Crippen molar-refractivity contribution < 1.29 is 19.1 Å². The Morgan fingerprint density at radius 3 is 2.62 bits per heavy atom. The number of esters is 1. The van der Waals surface area contributed by atoms with Crippen LogP contribution in [0.3, 0.4) is 0 Å². The third kappa shape index (κ3) is 4.51. The monoisotopic (exact) mass is 412 g/mol. The van der Waals surface area contributed by atoms with Gasteiger partial charge in [-0.25, -0.2) is 9.59 Å². The minimum atomic E-state index is -0.431. The van der Waals surface area contributed by atoms with E-state index in [1.807, 2.05) is 51.1 Å². The molecule has 6 nitrogen and oxygen atoms in total. The second-order valence-corrected chi connectivity index (χ2v) is 7.69. The number of carbonyl (C=O) groups is 2. The number of ether oxygens (including phenoxy) is 2. The first-order valence-corrected chi connectivity index (χ1v) is 10.2. The van der Waals surface area contributed by atoms with E-state index in [0.717, 1.165) is 33.3 Å². The average molecular weight is 413 g/mol. The lowest BCUT2D eigenvalue weighted by Gasteiger charge is -2.12. The van der Waals surface area contributed by atoms with Crippen LogP contribution in [0.2, 0.25) is 0 Å². The Bertz CT molecular complexity index is 1060. The molecule has 2 N–H and O–H groups in total. The summed E-state index contributed by atoms with van der Waals surface area (Å²) in [7, 11) is 1.35. The summed E-state index contributed by atoms with van der Waals surface area (Å²) in [5.41, 5.74) is 3.50. The Morgan fingerprint density at radius 1 is 1.10 bits per heavy atom. The fraction of sp³-hybridized carbons (Fsp3) is 0.273. The molecule has 1 heterocycles. The Hall–Kier alpha value is -3.06. The second-order valence-electron chi connectivity index (χ2n) is 6.64. The molecule has 1 aromatic heterocycles.